The second-order valence-corrected chi connectivity index (χ2v) is 4.39. The number of rotatable bonds is 5. The van der Waals surface area contributed by atoms with Crippen molar-refractivity contribution >= 4 is 27.5 Å². The number of unbranched alkanes of at least 4 members (excludes halogenated alkanes) is 1. The molecule has 94 valence electrons. The first-order valence-corrected chi connectivity index (χ1v) is 5.94. The van der Waals surface area contributed by atoms with Gasteiger partial charge in [-0.25, -0.2) is 0 Å². The van der Waals surface area contributed by atoms with Crippen molar-refractivity contribution in [1.29, 1.82) is 5.26 Å². The zero-order valence-corrected chi connectivity index (χ0v) is 10.9. The molecule has 1 amide bonds. The summed E-state index contributed by atoms with van der Waals surface area (Å²) < 4.78 is 0.471. The zero-order valence-electron chi connectivity index (χ0n) is 9.35. The summed E-state index contributed by atoms with van der Waals surface area (Å²) in [6, 6.07) is 6.01. The van der Waals surface area contributed by atoms with Crippen molar-refractivity contribution in [2.24, 2.45) is 0 Å². The molecule has 0 unspecified atom stereocenters. The van der Waals surface area contributed by atoms with Crippen molar-refractivity contribution in [3.63, 3.8) is 0 Å². The van der Waals surface area contributed by atoms with Crippen LogP contribution >= 0.6 is 15.9 Å². The van der Waals surface area contributed by atoms with E-state index in [0.717, 1.165) is 0 Å². The molecule has 7 heteroatoms. The molecular formula is C11H10BrN3O3. The van der Waals surface area contributed by atoms with Crippen molar-refractivity contribution in [3.05, 3.63) is 38.3 Å². The molecule has 0 bridgehead atoms. The first-order valence-electron chi connectivity index (χ1n) is 5.14. The number of hydrogen-bond acceptors (Lipinski definition) is 4. The quantitative estimate of drug-likeness (QED) is 0.513. The van der Waals surface area contributed by atoms with E-state index in [1.807, 2.05) is 6.07 Å². The number of carbonyl (C=O) groups excluding carboxylic acids is 1. The molecule has 0 saturated carbocycles. The molecule has 1 aromatic rings. The second-order valence-electron chi connectivity index (χ2n) is 3.47. The van der Waals surface area contributed by atoms with Crippen LogP contribution in [0.5, 0.6) is 0 Å². The summed E-state index contributed by atoms with van der Waals surface area (Å²) in [5.41, 5.74) is 0.0691. The molecule has 0 atom stereocenters. The maximum absolute atomic E-state index is 11.7. The number of non-ortho nitro benzene ring substituents is 1. The summed E-state index contributed by atoms with van der Waals surface area (Å²) in [6.45, 7) is 0.368. The van der Waals surface area contributed by atoms with Crippen molar-refractivity contribution in [2.75, 3.05) is 6.54 Å². The molecule has 0 aliphatic carbocycles. The van der Waals surface area contributed by atoms with Gasteiger partial charge in [-0.05, 0) is 12.5 Å². The van der Waals surface area contributed by atoms with E-state index >= 15 is 0 Å². The van der Waals surface area contributed by atoms with Crippen LogP contribution in [0.15, 0.2) is 22.7 Å². The highest BCUT2D eigenvalue weighted by Gasteiger charge is 2.13. The van der Waals surface area contributed by atoms with E-state index in [-0.39, 0.29) is 11.3 Å². The molecule has 0 aromatic heterocycles. The van der Waals surface area contributed by atoms with Crippen LogP contribution in [0.4, 0.5) is 5.69 Å². The van der Waals surface area contributed by atoms with Gasteiger partial charge < -0.3 is 5.32 Å². The molecule has 0 aliphatic heterocycles. The van der Waals surface area contributed by atoms with Gasteiger partial charge in [-0.2, -0.15) is 5.26 Å². The lowest BCUT2D eigenvalue weighted by Gasteiger charge is -2.04. The Kier molecular flexibility index (Phi) is 5.27. The Morgan fingerprint density at radius 2 is 2.22 bits per heavy atom. The fourth-order valence-corrected chi connectivity index (χ4v) is 1.76. The topological polar surface area (TPSA) is 96.0 Å². The van der Waals surface area contributed by atoms with Gasteiger partial charge in [0, 0.05) is 35.1 Å². The number of hydrogen-bond donors (Lipinski definition) is 1. The van der Waals surface area contributed by atoms with Gasteiger partial charge in [-0.3, -0.25) is 14.9 Å². The molecule has 0 fully saturated rings. The molecule has 0 saturated heterocycles. The number of nitriles is 1. The first-order chi connectivity index (χ1) is 8.54. The van der Waals surface area contributed by atoms with Gasteiger partial charge in [0.2, 0.25) is 0 Å². The minimum Gasteiger partial charge on any atom is -0.352 e. The van der Waals surface area contributed by atoms with Crippen LogP contribution in [-0.4, -0.2) is 17.4 Å². The van der Waals surface area contributed by atoms with Gasteiger partial charge in [-0.1, -0.05) is 15.9 Å². The maximum Gasteiger partial charge on any atom is 0.271 e. The predicted molar refractivity (Wildman–Crippen MR) is 68.0 cm³/mol. The second kappa shape index (κ2) is 6.71. The van der Waals surface area contributed by atoms with Gasteiger partial charge in [-0.15, -0.1) is 0 Å². The third-order valence-corrected chi connectivity index (χ3v) is 2.56. The number of nitrogens with one attached hydrogen (secondary N) is 1. The molecule has 0 heterocycles. The third-order valence-electron chi connectivity index (χ3n) is 2.11. The Bertz CT molecular complexity index is 511. The van der Waals surface area contributed by atoms with Crippen molar-refractivity contribution in [2.45, 2.75) is 12.8 Å². The zero-order chi connectivity index (χ0) is 13.5. The average Bonchev–Trinajstić information content (AvgIpc) is 2.33. The van der Waals surface area contributed by atoms with Crippen molar-refractivity contribution in [1.82, 2.24) is 5.32 Å². The van der Waals surface area contributed by atoms with E-state index in [4.69, 9.17) is 5.26 Å². The van der Waals surface area contributed by atoms with Gasteiger partial charge >= 0.3 is 0 Å². The Morgan fingerprint density at radius 1 is 1.50 bits per heavy atom. The molecule has 1 rings (SSSR count). The van der Waals surface area contributed by atoms with Crippen LogP contribution < -0.4 is 5.32 Å². The van der Waals surface area contributed by atoms with Crippen LogP contribution in [0.25, 0.3) is 0 Å². The predicted octanol–water partition coefficient (Wildman–Crippen LogP) is 2.39. The Balaban J connectivity index is 2.74. The van der Waals surface area contributed by atoms with E-state index in [1.165, 1.54) is 18.2 Å². The van der Waals surface area contributed by atoms with Crippen molar-refractivity contribution in [3.8, 4) is 6.07 Å². The lowest BCUT2D eigenvalue weighted by Crippen LogP contribution is -2.24. The summed E-state index contributed by atoms with van der Waals surface area (Å²) in [5, 5.41) is 21.6. The van der Waals surface area contributed by atoms with E-state index < -0.39 is 10.8 Å². The third kappa shape index (κ3) is 4.14. The minimum absolute atomic E-state index is 0.147. The fraction of sp³-hybridized carbons (Fsp3) is 0.273. The molecule has 0 spiro atoms. The number of halogens is 1. The lowest BCUT2D eigenvalue weighted by atomic mass is 10.2. The molecule has 0 aliphatic rings. The van der Waals surface area contributed by atoms with Gasteiger partial charge in [0.25, 0.3) is 11.6 Å². The van der Waals surface area contributed by atoms with Crippen LogP contribution in [0.1, 0.15) is 23.2 Å². The Morgan fingerprint density at radius 3 is 2.83 bits per heavy atom. The highest BCUT2D eigenvalue weighted by Crippen LogP contribution is 2.21. The number of carbonyl (C=O) groups is 1. The Labute approximate surface area is 112 Å². The molecular weight excluding hydrogens is 302 g/mol. The smallest absolute Gasteiger partial charge is 0.271 e. The number of nitro groups is 1. The van der Waals surface area contributed by atoms with E-state index in [9.17, 15) is 14.9 Å². The average molecular weight is 312 g/mol. The highest BCUT2D eigenvalue weighted by atomic mass is 79.9. The number of nitrogens with zero attached hydrogens (tertiary/aromatic N) is 2. The fourth-order valence-electron chi connectivity index (χ4n) is 1.28. The van der Waals surface area contributed by atoms with Crippen LogP contribution in [0.2, 0.25) is 0 Å². The van der Waals surface area contributed by atoms with Crippen LogP contribution in [0.3, 0.4) is 0 Å². The number of benzene rings is 1. The standard InChI is InChI=1S/C11H10BrN3O3/c12-9-5-8(6-10(7-9)15(17)18)11(16)14-4-2-1-3-13/h5-7H,1-2,4H2,(H,14,16). The molecule has 0 radical (unpaired) electrons. The lowest BCUT2D eigenvalue weighted by molar-refractivity contribution is -0.385. The number of nitro benzene ring substituents is 1. The van der Waals surface area contributed by atoms with E-state index in [0.29, 0.717) is 23.9 Å². The van der Waals surface area contributed by atoms with E-state index in [1.54, 1.807) is 0 Å². The normalized spacial score (nSPS) is 9.56. The minimum atomic E-state index is -0.558. The molecule has 18 heavy (non-hydrogen) atoms. The SMILES string of the molecule is N#CCCCNC(=O)c1cc(Br)cc([N+](=O)[O-])c1. The van der Waals surface area contributed by atoms with Gasteiger partial charge in [0.15, 0.2) is 0 Å². The largest absolute Gasteiger partial charge is 0.352 e. The Hall–Kier alpha value is -1.94. The maximum atomic E-state index is 11.7. The summed E-state index contributed by atoms with van der Waals surface area (Å²) >= 11 is 3.12. The molecule has 1 aromatic carbocycles. The number of amides is 1. The van der Waals surface area contributed by atoms with E-state index in [2.05, 4.69) is 21.2 Å². The summed E-state index contributed by atoms with van der Waals surface area (Å²) in [6.07, 6.45) is 0.914. The molecule has 1 N–H and O–H groups in total. The summed E-state index contributed by atoms with van der Waals surface area (Å²) in [4.78, 5) is 21.8. The highest BCUT2D eigenvalue weighted by molar-refractivity contribution is 9.10. The first kappa shape index (κ1) is 14.1. The van der Waals surface area contributed by atoms with Crippen molar-refractivity contribution < 1.29 is 9.72 Å². The van der Waals surface area contributed by atoms with Crippen LogP contribution in [0, 0.1) is 21.4 Å². The summed E-state index contributed by atoms with van der Waals surface area (Å²) in [7, 11) is 0. The monoisotopic (exact) mass is 311 g/mol. The van der Waals surface area contributed by atoms with Gasteiger partial charge in [0.1, 0.15) is 0 Å². The summed E-state index contributed by atoms with van der Waals surface area (Å²) in [5.74, 6) is -0.391. The molecule has 6 nitrogen and oxygen atoms in total. The van der Waals surface area contributed by atoms with Gasteiger partial charge in [0.05, 0.1) is 11.0 Å². The van der Waals surface area contributed by atoms with Crippen LogP contribution in [-0.2, 0) is 0 Å².